The van der Waals surface area contributed by atoms with Crippen LogP contribution in [0.2, 0.25) is 0 Å². The Balaban J connectivity index is 2.17. The van der Waals surface area contributed by atoms with Gasteiger partial charge in [0.25, 0.3) is 0 Å². The fourth-order valence-corrected chi connectivity index (χ4v) is 2.08. The summed E-state index contributed by atoms with van der Waals surface area (Å²) in [5.74, 6) is -2.07. The number of H-pyrrole nitrogens is 1. The van der Waals surface area contributed by atoms with Crippen LogP contribution in [0.4, 0.5) is 8.78 Å². The van der Waals surface area contributed by atoms with E-state index in [0.29, 0.717) is 16.6 Å². The fourth-order valence-electron chi connectivity index (χ4n) is 2.08. The maximum absolute atomic E-state index is 14.0. The molecule has 1 aromatic heterocycles. The molecule has 3 aromatic rings. The SMILES string of the molecule is COc1ccc(-c2nc3ccc(C#N)cc3[nH]2)c(F)c1F. The summed E-state index contributed by atoms with van der Waals surface area (Å²) >= 11 is 0. The molecule has 0 spiro atoms. The van der Waals surface area contributed by atoms with E-state index in [4.69, 9.17) is 10.00 Å². The molecule has 0 saturated carbocycles. The number of rotatable bonds is 2. The van der Waals surface area contributed by atoms with E-state index in [1.165, 1.54) is 19.2 Å². The van der Waals surface area contributed by atoms with Gasteiger partial charge >= 0.3 is 0 Å². The van der Waals surface area contributed by atoms with E-state index < -0.39 is 11.6 Å². The monoisotopic (exact) mass is 285 g/mol. The van der Waals surface area contributed by atoms with Crippen LogP contribution in [-0.2, 0) is 0 Å². The molecule has 0 aliphatic rings. The largest absolute Gasteiger partial charge is 0.494 e. The lowest BCUT2D eigenvalue weighted by Gasteiger charge is -2.05. The van der Waals surface area contributed by atoms with Gasteiger partial charge in [0.05, 0.1) is 35.3 Å². The van der Waals surface area contributed by atoms with Crippen LogP contribution in [0.1, 0.15) is 5.56 Å². The van der Waals surface area contributed by atoms with Crippen molar-refractivity contribution >= 4 is 11.0 Å². The molecule has 0 saturated heterocycles. The van der Waals surface area contributed by atoms with Crippen molar-refractivity contribution in [1.82, 2.24) is 9.97 Å². The first-order valence-electron chi connectivity index (χ1n) is 6.06. The van der Waals surface area contributed by atoms with Gasteiger partial charge in [0.2, 0.25) is 5.82 Å². The number of nitrogens with zero attached hydrogens (tertiary/aromatic N) is 2. The molecule has 0 radical (unpaired) electrons. The fraction of sp³-hybridized carbons (Fsp3) is 0.0667. The molecule has 0 amide bonds. The number of aromatic amines is 1. The third kappa shape index (κ3) is 2.09. The Morgan fingerprint density at radius 2 is 2.00 bits per heavy atom. The van der Waals surface area contributed by atoms with Crippen molar-refractivity contribution in [3.8, 4) is 23.2 Å². The predicted molar refractivity (Wildman–Crippen MR) is 72.7 cm³/mol. The number of fused-ring (bicyclic) bond motifs is 1. The summed E-state index contributed by atoms with van der Waals surface area (Å²) in [6, 6.07) is 9.58. The first-order valence-corrected chi connectivity index (χ1v) is 6.06. The Morgan fingerprint density at radius 3 is 2.71 bits per heavy atom. The molecule has 21 heavy (non-hydrogen) atoms. The van der Waals surface area contributed by atoms with Crippen molar-refractivity contribution in [2.24, 2.45) is 0 Å². The zero-order valence-electron chi connectivity index (χ0n) is 10.9. The van der Waals surface area contributed by atoms with E-state index >= 15 is 0 Å². The van der Waals surface area contributed by atoms with E-state index in [-0.39, 0.29) is 17.1 Å². The second kappa shape index (κ2) is 4.87. The number of nitrogens with one attached hydrogen (secondary N) is 1. The van der Waals surface area contributed by atoms with E-state index in [0.717, 1.165) is 0 Å². The zero-order chi connectivity index (χ0) is 15.0. The summed E-state index contributed by atoms with van der Waals surface area (Å²) < 4.78 is 32.5. The number of benzene rings is 2. The lowest BCUT2D eigenvalue weighted by molar-refractivity contribution is 0.372. The minimum absolute atomic E-state index is 0.00278. The van der Waals surface area contributed by atoms with Gasteiger partial charge in [0.15, 0.2) is 11.6 Å². The Morgan fingerprint density at radius 1 is 1.19 bits per heavy atom. The lowest BCUT2D eigenvalue weighted by atomic mass is 10.2. The quantitative estimate of drug-likeness (QED) is 0.785. The molecule has 3 rings (SSSR count). The zero-order valence-corrected chi connectivity index (χ0v) is 10.9. The van der Waals surface area contributed by atoms with Crippen molar-refractivity contribution in [3.63, 3.8) is 0 Å². The molecule has 1 N–H and O–H groups in total. The predicted octanol–water partition coefficient (Wildman–Crippen LogP) is 3.39. The average molecular weight is 285 g/mol. The summed E-state index contributed by atoms with van der Waals surface area (Å²) in [6.07, 6.45) is 0. The van der Waals surface area contributed by atoms with Gasteiger partial charge in [0, 0.05) is 0 Å². The highest BCUT2D eigenvalue weighted by Crippen LogP contribution is 2.29. The van der Waals surface area contributed by atoms with Crippen LogP contribution < -0.4 is 4.74 Å². The van der Waals surface area contributed by atoms with Crippen LogP contribution in [0.15, 0.2) is 30.3 Å². The average Bonchev–Trinajstić information content (AvgIpc) is 2.92. The van der Waals surface area contributed by atoms with Crippen LogP contribution in [0.3, 0.4) is 0 Å². The topological polar surface area (TPSA) is 61.7 Å². The molecule has 104 valence electrons. The number of ether oxygens (including phenoxy) is 1. The van der Waals surface area contributed by atoms with E-state index in [1.54, 1.807) is 18.2 Å². The van der Waals surface area contributed by atoms with Gasteiger partial charge in [-0.1, -0.05) is 0 Å². The number of halogens is 2. The minimum atomic E-state index is -1.06. The normalized spacial score (nSPS) is 10.6. The Bertz CT molecular complexity index is 880. The van der Waals surface area contributed by atoms with Crippen molar-refractivity contribution in [2.75, 3.05) is 7.11 Å². The van der Waals surface area contributed by atoms with Crippen molar-refractivity contribution in [3.05, 3.63) is 47.5 Å². The Kier molecular flexibility index (Phi) is 3.03. The highest BCUT2D eigenvalue weighted by molar-refractivity contribution is 5.80. The van der Waals surface area contributed by atoms with Gasteiger partial charge in [-0.2, -0.15) is 9.65 Å². The van der Waals surface area contributed by atoms with E-state index in [9.17, 15) is 8.78 Å². The third-order valence-corrected chi connectivity index (χ3v) is 3.13. The molecule has 1 heterocycles. The molecule has 2 aromatic carbocycles. The summed E-state index contributed by atoms with van der Waals surface area (Å²) in [5, 5.41) is 8.85. The Labute approximate surface area is 118 Å². The maximum Gasteiger partial charge on any atom is 0.201 e. The minimum Gasteiger partial charge on any atom is -0.494 e. The molecular weight excluding hydrogens is 276 g/mol. The first-order chi connectivity index (χ1) is 10.1. The molecule has 6 heteroatoms. The number of aromatic nitrogens is 2. The van der Waals surface area contributed by atoms with Crippen LogP contribution >= 0.6 is 0 Å². The molecule has 0 aliphatic carbocycles. The van der Waals surface area contributed by atoms with Gasteiger partial charge in [-0.3, -0.25) is 0 Å². The molecule has 0 bridgehead atoms. The highest BCUT2D eigenvalue weighted by atomic mass is 19.2. The van der Waals surface area contributed by atoms with Gasteiger partial charge in [-0.15, -0.1) is 0 Å². The van der Waals surface area contributed by atoms with Gasteiger partial charge in [-0.25, -0.2) is 9.37 Å². The summed E-state index contributed by atoms with van der Waals surface area (Å²) in [6.45, 7) is 0. The second-order valence-corrected chi connectivity index (χ2v) is 4.37. The van der Waals surface area contributed by atoms with Crippen molar-refractivity contribution < 1.29 is 13.5 Å². The van der Waals surface area contributed by atoms with Gasteiger partial charge in [0.1, 0.15) is 5.82 Å². The number of methoxy groups -OCH3 is 1. The van der Waals surface area contributed by atoms with Crippen LogP contribution in [0.5, 0.6) is 5.75 Å². The van der Waals surface area contributed by atoms with E-state index in [1.807, 2.05) is 6.07 Å². The molecular formula is C15H9F2N3O. The second-order valence-electron chi connectivity index (χ2n) is 4.37. The summed E-state index contributed by atoms with van der Waals surface area (Å²) in [4.78, 5) is 7.09. The number of hydrogen-bond acceptors (Lipinski definition) is 3. The number of nitriles is 1. The number of imidazole rings is 1. The third-order valence-electron chi connectivity index (χ3n) is 3.13. The summed E-state index contributed by atoms with van der Waals surface area (Å²) in [7, 11) is 1.27. The smallest absolute Gasteiger partial charge is 0.201 e. The van der Waals surface area contributed by atoms with Crippen LogP contribution in [-0.4, -0.2) is 17.1 Å². The molecule has 0 aliphatic heterocycles. The Hall–Kier alpha value is -2.94. The highest BCUT2D eigenvalue weighted by Gasteiger charge is 2.17. The molecule has 0 unspecified atom stereocenters. The molecule has 0 atom stereocenters. The van der Waals surface area contributed by atoms with Gasteiger partial charge < -0.3 is 9.72 Å². The van der Waals surface area contributed by atoms with E-state index in [2.05, 4.69) is 9.97 Å². The van der Waals surface area contributed by atoms with Crippen molar-refractivity contribution in [1.29, 1.82) is 5.26 Å². The molecule has 4 nitrogen and oxygen atoms in total. The lowest BCUT2D eigenvalue weighted by Crippen LogP contribution is -1.95. The molecule has 0 fully saturated rings. The standard InChI is InChI=1S/C15H9F2N3O/c1-21-12-5-3-9(13(16)14(12)17)15-19-10-4-2-8(7-18)6-11(10)20-15/h2-6H,1H3,(H,19,20). The van der Waals surface area contributed by atoms with Crippen LogP contribution in [0, 0.1) is 23.0 Å². The van der Waals surface area contributed by atoms with Gasteiger partial charge in [-0.05, 0) is 30.3 Å². The van der Waals surface area contributed by atoms with Crippen LogP contribution in [0.25, 0.3) is 22.4 Å². The van der Waals surface area contributed by atoms with Crippen molar-refractivity contribution in [2.45, 2.75) is 0 Å². The maximum atomic E-state index is 14.0. The number of hydrogen-bond donors (Lipinski definition) is 1. The summed E-state index contributed by atoms with van der Waals surface area (Å²) in [5.41, 5.74) is 1.61. The first kappa shape index (κ1) is 13.1.